The molecule has 1 fully saturated rings. The fourth-order valence-corrected chi connectivity index (χ4v) is 3.78. The van der Waals surface area contributed by atoms with Crippen LogP contribution in [0.15, 0.2) is 29.8 Å². The highest BCUT2D eigenvalue weighted by atomic mass is 32.2. The van der Waals surface area contributed by atoms with E-state index in [-0.39, 0.29) is 10.9 Å². The summed E-state index contributed by atoms with van der Waals surface area (Å²) in [5, 5.41) is 4.10. The molecule has 1 amide bonds. The van der Waals surface area contributed by atoms with Crippen molar-refractivity contribution in [3.8, 4) is 0 Å². The van der Waals surface area contributed by atoms with Crippen LogP contribution in [0.3, 0.4) is 0 Å². The SMILES string of the molecule is CCn1nccc1N1CCCC(NS(=O)(=O)c2cnc[nH]2)C1=O. The zero-order valence-corrected chi connectivity index (χ0v) is 13.5. The molecule has 0 bridgehead atoms. The molecule has 2 N–H and O–H groups in total. The molecule has 3 heterocycles. The summed E-state index contributed by atoms with van der Waals surface area (Å²) in [6.07, 6.45) is 5.28. The Kier molecular flexibility index (Phi) is 4.18. The molecule has 1 saturated heterocycles. The number of nitrogens with one attached hydrogen (secondary N) is 2. The van der Waals surface area contributed by atoms with Crippen LogP contribution in [0.25, 0.3) is 0 Å². The Bertz CT molecular complexity index is 783. The first kappa shape index (κ1) is 15.7. The third-order valence-corrected chi connectivity index (χ3v) is 5.17. The molecular formula is C13H18N6O3S. The van der Waals surface area contributed by atoms with Gasteiger partial charge >= 0.3 is 0 Å². The van der Waals surface area contributed by atoms with Gasteiger partial charge in [-0.15, -0.1) is 0 Å². The Balaban J connectivity index is 1.81. The molecule has 3 rings (SSSR count). The van der Waals surface area contributed by atoms with Gasteiger partial charge in [0, 0.05) is 19.2 Å². The number of carbonyl (C=O) groups is 1. The summed E-state index contributed by atoms with van der Waals surface area (Å²) in [4.78, 5) is 20.5. The van der Waals surface area contributed by atoms with Crippen LogP contribution >= 0.6 is 0 Å². The minimum Gasteiger partial charge on any atom is -0.335 e. The summed E-state index contributed by atoms with van der Waals surface area (Å²) in [5.41, 5.74) is 0. The molecule has 2 aromatic rings. The second-order valence-corrected chi connectivity index (χ2v) is 6.91. The van der Waals surface area contributed by atoms with E-state index in [1.165, 1.54) is 12.5 Å². The van der Waals surface area contributed by atoms with Crippen LogP contribution in [0.2, 0.25) is 0 Å². The van der Waals surface area contributed by atoms with Crippen molar-refractivity contribution in [2.24, 2.45) is 0 Å². The van der Waals surface area contributed by atoms with Gasteiger partial charge in [-0.2, -0.15) is 9.82 Å². The molecule has 10 heteroatoms. The van der Waals surface area contributed by atoms with Gasteiger partial charge in [-0.3, -0.25) is 9.69 Å². The Hall–Kier alpha value is -2.20. The quantitative estimate of drug-likeness (QED) is 0.803. The summed E-state index contributed by atoms with van der Waals surface area (Å²) in [7, 11) is -3.80. The maximum Gasteiger partial charge on any atom is 0.258 e. The number of imidazole rings is 1. The molecule has 1 aliphatic rings. The van der Waals surface area contributed by atoms with Crippen molar-refractivity contribution in [3.05, 3.63) is 24.8 Å². The number of H-pyrrole nitrogens is 1. The van der Waals surface area contributed by atoms with Crippen molar-refractivity contribution < 1.29 is 13.2 Å². The van der Waals surface area contributed by atoms with Crippen LogP contribution in [0.4, 0.5) is 5.82 Å². The molecule has 1 atom stereocenters. The molecule has 0 spiro atoms. The number of nitrogens with zero attached hydrogens (tertiary/aromatic N) is 4. The van der Waals surface area contributed by atoms with Gasteiger partial charge in [-0.05, 0) is 19.8 Å². The van der Waals surface area contributed by atoms with Gasteiger partial charge in [-0.1, -0.05) is 0 Å². The van der Waals surface area contributed by atoms with Crippen molar-refractivity contribution in [2.45, 2.75) is 37.4 Å². The summed E-state index contributed by atoms with van der Waals surface area (Å²) in [5.74, 6) is 0.414. The minimum atomic E-state index is -3.80. The highest BCUT2D eigenvalue weighted by molar-refractivity contribution is 7.89. The van der Waals surface area contributed by atoms with E-state index in [0.717, 1.165) is 0 Å². The fourth-order valence-electron chi connectivity index (χ4n) is 2.65. The predicted octanol–water partition coefficient (Wildman–Crippen LogP) is 0.100. The lowest BCUT2D eigenvalue weighted by atomic mass is 10.1. The average molecular weight is 338 g/mol. The lowest BCUT2D eigenvalue weighted by Crippen LogP contribution is -2.52. The molecule has 1 unspecified atom stereocenters. The van der Waals surface area contributed by atoms with Crippen LogP contribution in [-0.2, 0) is 21.4 Å². The number of aryl methyl sites for hydroxylation is 1. The van der Waals surface area contributed by atoms with Crippen molar-refractivity contribution in [2.75, 3.05) is 11.4 Å². The van der Waals surface area contributed by atoms with Crippen LogP contribution < -0.4 is 9.62 Å². The normalized spacial score (nSPS) is 19.3. The van der Waals surface area contributed by atoms with Gasteiger partial charge in [0.15, 0.2) is 5.03 Å². The molecule has 0 aromatic carbocycles. The number of rotatable bonds is 5. The Labute approximate surface area is 133 Å². The summed E-state index contributed by atoms with van der Waals surface area (Å²) >= 11 is 0. The number of aromatic amines is 1. The van der Waals surface area contributed by atoms with Gasteiger partial charge in [-0.25, -0.2) is 18.1 Å². The lowest BCUT2D eigenvalue weighted by Gasteiger charge is -2.32. The lowest BCUT2D eigenvalue weighted by molar-refractivity contribution is -0.121. The largest absolute Gasteiger partial charge is 0.335 e. The highest BCUT2D eigenvalue weighted by Gasteiger charge is 2.34. The standard InChI is InChI=1S/C13H18N6O3S/c1-2-19-12(5-6-16-19)18-7-3-4-10(13(18)20)17-23(21,22)11-8-14-9-15-11/h5-6,8-10,17H,2-4,7H2,1H3,(H,14,15). The van der Waals surface area contributed by atoms with Gasteiger partial charge in [0.2, 0.25) is 5.91 Å². The minimum absolute atomic E-state index is 0.0546. The van der Waals surface area contributed by atoms with Gasteiger partial charge in [0.05, 0.1) is 18.7 Å². The van der Waals surface area contributed by atoms with E-state index in [4.69, 9.17) is 0 Å². The van der Waals surface area contributed by atoms with E-state index in [9.17, 15) is 13.2 Å². The van der Waals surface area contributed by atoms with E-state index in [0.29, 0.717) is 31.7 Å². The number of hydrogen-bond acceptors (Lipinski definition) is 5. The highest BCUT2D eigenvalue weighted by Crippen LogP contribution is 2.21. The van der Waals surface area contributed by atoms with Crippen molar-refractivity contribution in [1.82, 2.24) is 24.5 Å². The molecule has 1 aliphatic heterocycles. The molecule has 124 valence electrons. The zero-order valence-electron chi connectivity index (χ0n) is 12.6. The smallest absolute Gasteiger partial charge is 0.258 e. The summed E-state index contributed by atoms with van der Waals surface area (Å²) in [6, 6.07) is 0.963. The van der Waals surface area contributed by atoms with E-state index >= 15 is 0 Å². The van der Waals surface area contributed by atoms with E-state index in [1.807, 2.05) is 6.92 Å². The molecule has 9 nitrogen and oxygen atoms in total. The molecule has 0 radical (unpaired) electrons. The average Bonchev–Trinajstić information content (AvgIpc) is 3.20. The Morgan fingerprint density at radius 2 is 2.30 bits per heavy atom. The van der Waals surface area contributed by atoms with Gasteiger partial charge < -0.3 is 4.98 Å². The summed E-state index contributed by atoms with van der Waals surface area (Å²) in [6.45, 7) is 3.12. The topological polar surface area (TPSA) is 113 Å². The second kappa shape index (κ2) is 6.13. The van der Waals surface area contributed by atoms with Crippen LogP contribution in [-0.4, -0.2) is 46.7 Å². The van der Waals surface area contributed by atoms with Crippen molar-refractivity contribution in [1.29, 1.82) is 0 Å². The second-order valence-electron chi connectivity index (χ2n) is 5.23. The van der Waals surface area contributed by atoms with Crippen LogP contribution in [0.1, 0.15) is 19.8 Å². The number of anilines is 1. The molecule has 23 heavy (non-hydrogen) atoms. The maximum atomic E-state index is 12.7. The number of piperidine rings is 1. The molecular weight excluding hydrogens is 320 g/mol. The Morgan fingerprint density at radius 1 is 1.48 bits per heavy atom. The number of hydrogen-bond donors (Lipinski definition) is 2. The maximum absolute atomic E-state index is 12.7. The number of amides is 1. The summed E-state index contributed by atoms with van der Waals surface area (Å²) < 4.78 is 28.7. The third-order valence-electron chi connectivity index (χ3n) is 3.77. The first-order valence-corrected chi connectivity index (χ1v) is 8.85. The van der Waals surface area contributed by atoms with E-state index in [1.54, 1.807) is 21.8 Å². The van der Waals surface area contributed by atoms with E-state index < -0.39 is 16.1 Å². The van der Waals surface area contributed by atoms with Crippen LogP contribution in [0.5, 0.6) is 0 Å². The first-order valence-electron chi connectivity index (χ1n) is 7.37. The van der Waals surface area contributed by atoms with Gasteiger partial charge in [0.1, 0.15) is 11.9 Å². The number of aromatic nitrogens is 4. The first-order chi connectivity index (χ1) is 11.0. The van der Waals surface area contributed by atoms with Crippen molar-refractivity contribution >= 4 is 21.7 Å². The van der Waals surface area contributed by atoms with E-state index in [2.05, 4.69) is 19.8 Å². The molecule has 0 saturated carbocycles. The Morgan fingerprint density at radius 3 is 3.00 bits per heavy atom. The zero-order chi connectivity index (χ0) is 16.4. The number of sulfonamides is 1. The third kappa shape index (κ3) is 2.99. The predicted molar refractivity (Wildman–Crippen MR) is 82.2 cm³/mol. The number of carbonyl (C=O) groups excluding carboxylic acids is 1. The monoisotopic (exact) mass is 338 g/mol. The van der Waals surface area contributed by atoms with Crippen LogP contribution in [0, 0.1) is 0 Å². The fraction of sp³-hybridized carbons (Fsp3) is 0.462. The molecule has 0 aliphatic carbocycles. The molecule has 2 aromatic heterocycles. The van der Waals surface area contributed by atoms with Crippen molar-refractivity contribution in [3.63, 3.8) is 0 Å². The van der Waals surface area contributed by atoms with Gasteiger partial charge in [0.25, 0.3) is 10.0 Å².